The first-order valence-corrected chi connectivity index (χ1v) is 6.07. The molecule has 2 aliphatic rings. The van der Waals surface area contributed by atoms with Gasteiger partial charge in [0.15, 0.2) is 5.60 Å². The van der Waals surface area contributed by atoms with Gasteiger partial charge in [-0.1, -0.05) is 36.8 Å². The van der Waals surface area contributed by atoms with Crippen LogP contribution in [0.25, 0.3) is 0 Å². The highest BCUT2D eigenvalue weighted by Gasteiger charge is 2.61. The highest BCUT2D eigenvalue weighted by molar-refractivity contribution is 6.09. The van der Waals surface area contributed by atoms with Gasteiger partial charge in [-0.05, 0) is 19.3 Å². The number of ether oxygens (including phenoxy) is 1. The first-order valence-electron chi connectivity index (χ1n) is 6.07. The molecule has 17 heavy (non-hydrogen) atoms. The summed E-state index contributed by atoms with van der Waals surface area (Å²) in [6.45, 7) is 0. The summed E-state index contributed by atoms with van der Waals surface area (Å²) in [5.41, 5.74) is -0.191. The maximum absolute atomic E-state index is 12.5. The van der Waals surface area contributed by atoms with Crippen LogP contribution in [0.3, 0.4) is 0 Å². The van der Waals surface area contributed by atoms with E-state index in [0.29, 0.717) is 12.0 Å². The van der Waals surface area contributed by atoms with E-state index in [2.05, 4.69) is 0 Å². The van der Waals surface area contributed by atoms with Crippen LogP contribution < -0.4 is 0 Å². The van der Waals surface area contributed by atoms with Crippen LogP contribution >= 0.6 is 0 Å². The van der Waals surface area contributed by atoms with Crippen molar-refractivity contribution < 1.29 is 14.3 Å². The van der Waals surface area contributed by atoms with Crippen LogP contribution in [0.2, 0.25) is 0 Å². The van der Waals surface area contributed by atoms with Crippen molar-refractivity contribution in [1.29, 1.82) is 0 Å². The number of benzene rings is 1. The van der Waals surface area contributed by atoms with Crippen LogP contribution in [0.15, 0.2) is 30.3 Å². The van der Waals surface area contributed by atoms with Crippen molar-refractivity contribution in [2.24, 2.45) is 5.92 Å². The van der Waals surface area contributed by atoms with Crippen molar-refractivity contribution in [2.75, 3.05) is 0 Å². The highest BCUT2D eigenvalue weighted by Crippen LogP contribution is 2.47. The van der Waals surface area contributed by atoms with E-state index in [9.17, 15) is 9.59 Å². The molecule has 1 saturated carbocycles. The highest BCUT2D eigenvalue weighted by atomic mass is 16.6. The normalized spacial score (nSPS) is 31.1. The average molecular weight is 230 g/mol. The molecule has 1 aromatic carbocycles. The monoisotopic (exact) mass is 230 g/mol. The fourth-order valence-corrected chi connectivity index (χ4v) is 2.92. The lowest BCUT2D eigenvalue weighted by Gasteiger charge is -2.48. The molecule has 2 unspecified atom stereocenters. The second kappa shape index (κ2) is 3.69. The maximum atomic E-state index is 12.5. The van der Waals surface area contributed by atoms with Crippen LogP contribution in [0.5, 0.6) is 0 Å². The van der Waals surface area contributed by atoms with Crippen LogP contribution in [-0.4, -0.2) is 17.4 Å². The molecule has 0 N–H and O–H groups in total. The smallest absolute Gasteiger partial charge is 0.314 e. The van der Waals surface area contributed by atoms with Crippen molar-refractivity contribution in [3.05, 3.63) is 35.9 Å². The Hall–Kier alpha value is -1.64. The molecule has 88 valence electrons. The zero-order valence-electron chi connectivity index (χ0n) is 9.52. The minimum Gasteiger partial charge on any atom is -0.449 e. The first-order chi connectivity index (χ1) is 8.24. The summed E-state index contributed by atoms with van der Waals surface area (Å²) in [4.78, 5) is 23.9. The van der Waals surface area contributed by atoms with Gasteiger partial charge in [0, 0.05) is 5.56 Å². The van der Waals surface area contributed by atoms with E-state index in [1.807, 2.05) is 18.2 Å². The number of Topliss-reactive ketones (excluding diaryl/α,β-unsaturated/α-hetero) is 1. The number of carbonyl (C=O) groups is 2. The van der Waals surface area contributed by atoms with E-state index in [4.69, 9.17) is 4.74 Å². The van der Waals surface area contributed by atoms with Gasteiger partial charge in [0.2, 0.25) is 5.78 Å². The van der Waals surface area contributed by atoms with Crippen LogP contribution in [0.4, 0.5) is 0 Å². The Labute approximate surface area is 99.8 Å². The molecule has 0 bridgehead atoms. The third-order valence-electron chi connectivity index (χ3n) is 3.84. The third-order valence-corrected chi connectivity index (χ3v) is 3.84. The fourth-order valence-electron chi connectivity index (χ4n) is 2.92. The van der Waals surface area contributed by atoms with Gasteiger partial charge in [0.05, 0.1) is 0 Å². The van der Waals surface area contributed by atoms with E-state index in [0.717, 1.165) is 19.3 Å². The molecule has 1 aromatic rings. The van der Waals surface area contributed by atoms with Crippen molar-refractivity contribution in [3.8, 4) is 0 Å². The van der Waals surface area contributed by atoms with E-state index >= 15 is 0 Å². The number of carbonyl (C=O) groups excluding carboxylic acids is 2. The Balaban J connectivity index is 1.93. The van der Waals surface area contributed by atoms with E-state index < -0.39 is 5.60 Å². The summed E-state index contributed by atoms with van der Waals surface area (Å²) in [6.07, 6.45) is 3.44. The summed E-state index contributed by atoms with van der Waals surface area (Å²) >= 11 is 0. The van der Waals surface area contributed by atoms with Crippen molar-refractivity contribution in [2.45, 2.75) is 31.3 Å². The Kier molecular flexibility index (Phi) is 2.28. The molecule has 3 heteroatoms. The summed E-state index contributed by atoms with van der Waals surface area (Å²) in [6, 6.07) is 9.12. The number of ketones is 1. The van der Waals surface area contributed by atoms with Crippen molar-refractivity contribution in [1.82, 2.24) is 0 Å². The lowest BCUT2D eigenvalue weighted by Crippen LogP contribution is -2.63. The van der Waals surface area contributed by atoms with Gasteiger partial charge in [-0.25, -0.2) is 0 Å². The summed E-state index contributed by atoms with van der Waals surface area (Å²) < 4.78 is 5.26. The zero-order valence-corrected chi connectivity index (χ0v) is 9.52. The predicted molar refractivity (Wildman–Crippen MR) is 61.6 cm³/mol. The van der Waals surface area contributed by atoms with Crippen molar-refractivity contribution in [3.63, 3.8) is 0 Å². The molecule has 3 nitrogen and oxygen atoms in total. The topological polar surface area (TPSA) is 43.4 Å². The number of hydrogen-bond donors (Lipinski definition) is 0. The number of fused-ring (bicyclic) bond motifs is 1. The second-order valence-electron chi connectivity index (χ2n) is 4.80. The minimum absolute atomic E-state index is 0.0256. The van der Waals surface area contributed by atoms with Crippen LogP contribution in [-0.2, 0) is 9.53 Å². The van der Waals surface area contributed by atoms with Gasteiger partial charge in [-0.3, -0.25) is 9.59 Å². The molecule has 0 aromatic heterocycles. The molecule has 0 amide bonds. The lowest BCUT2D eigenvalue weighted by atomic mass is 9.67. The Bertz CT molecular complexity index is 466. The Morgan fingerprint density at radius 1 is 1.24 bits per heavy atom. The number of rotatable bonds is 2. The molecular weight excluding hydrogens is 216 g/mol. The van der Waals surface area contributed by atoms with Gasteiger partial charge >= 0.3 is 5.97 Å². The molecule has 1 heterocycles. The number of hydrogen-bond acceptors (Lipinski definition) is 3. The molecule has 2 fully saturated rings. The lowest BCUT2D eigenvalue weighted by molar-refractivity contribution is -0.207. The van der Waals surface area contributed by atoms with Gasteiger partial charge < -0.3 is 4.74 Å². The molecule has 1 aliphatic heterocycles. The predicted octanol–water partition coefficient (Wildman–Crippen LogP) is 2.36. The van der Waals surface area contributed by atoms with Gasteiger partial charge in [-0.2, -0.15) is 0 Å². The van der Waals surface area contributed by atoms with E-state index in [1.165, 1.54) is 0 Å². The standard InChI is InChI=1S/C14H14O3/c15-12(10-6-2-1-3-7-10)14-9-5-4-8-11(14)13(16)17-14/h1-3,6-7,11H,4-5,8-9H2. The number of esters is 1. The summed E-state index contributed by atoms with van der Waals surface area (Å²) in [7, 11) is 0. The van der Waals surface area contributed by atoms with Crippen LogP contribution in [0.1, 0.15) is 36.0 Å². The van der Waals surface area contributed by atoms with E-state index in [-0.39, 0.29) is 17.7 Å². The van der Waals surface area contributed by atoms with Crippen molar-refractivity contribution >= 4 is 11.8 Å². The van der Waals surface area contributed by atoms with Gasteiger partial charge in [-0.15, -0.1) is 0 Å². The Morgan fingerprint density at radius 3 is 2.71 bits per heavy atom. The molecule has 1 saturated heterocycles. The summed E-state index contributed by atoms with van der Waals surface area (Å²) in [5.74, 6) is -0.430. The molecule has 0 radical (unpaired) electrons. The molecular formula is C14H14O3. The summed E-state index contributed by atoms with van der Waals surface area (Å²) in [5, 5.41) is 0. The SMILES string of the molecule is O=C1OC2(C(=O)c3ccccc3)CCCCC12. The van der Waals surface area contributed by atoms with E-state index in [1.54, 1.807) is 12.1 Å². The quantitative estimate of drug-likeness (QED) is 0.578. The average Bonchev–Trinajstić information content (AvgIpc) is 2.37. The molecule has 0 spiro atoms. The maximum Gasteiger partial charge on any atom is 0.314 e. The Morgan fingerprint density at radius 2 is 2.00 bits per heavy atom. The van der Waals surface area contributed by atoms with Gasteiger partial charge in [0.25, 0.3) is 0 Å². The molecule has 3 rings (SSSR count). The zero-order chi connectivity index (χ0) is 11.9. The largest absolute Gasteiger partial charge is 0.449 e. The third kappa shape index (κ3) is 1.42. The first kappa shape index (κ1) is 10.5. The molecule has 2 atom stereocenters. The van der Waals surface area contributed by atoms with Crippen LogP contribution in [0, 0.1) is 5.92 Å². The molecule has 1 aliphatic carbocycles. The second-order valence-corrected chi connectivity index (χ2v) is 4.80. The minimum atomic E-state index is -0.837. The van der Waals surface area contributed by atoms with Gasteiger partial charge in [0.1, 0.15) is 5.92 Å². The fraction of sp³-hybridized carbons (Fsp3) is 0.429.